The van der Waals surface area contributed by atoms with Gasteiger partial charge in [-0.15, -0.1) is 24.0 Å². The Hall–Kier alpha value is -0.940. The third kappa shape index (κ3) is 5.27. The third-order valence-electron chi connectivity index (χ3n) is 7.04. The van der Waals surface area contributed by atoms with Gasteiger partial charge in [0.15, 0.2) is 5.96 Å². The van der Waals surface area contributed by atoms with E-state index in [4.69, 9.17) is 0 Å². The average molecular weight is 531 g/mol. The van der Waals surface area contributed by atoms with E-state index in [0.29, 0.717) is 0 Å². The number of likely N-dealkylation sites (tertiary alicyclic amines) is 2. The van der Waals surface area contributed by atoms with Crippen molar-refractivity contribution in [3.8, 4) is 0 Å². The van der Waals surface area contributed by atoms with Crippen LogP contribution in [0, 0.1) is 6.92 Å². The molecule has 9 heteroatoms. The van der Waals surface area contributed by atoms with E-state index in [2.05, 4.69) is 47.2 Å². The molecule has 0 aromatic carbocycles. The summed E-state index contributed by atoms with van der Waals surface area (Å²) in [6.45, 7) is 8.72. The predicted molar refractivity (Wildman–Crippen MR) is 132 cm³/mol. The molecule has 0 saturated carbocycles. The molecule has 30 heavy (non-hydrogen) atoms. The zero-order chi connectivity index (χ0) is 20.3. The second-order valence-corrected chi connectivity index (χ2v) is 9.08. The molecule has 0 bridgehead atoms. The molecular weight excluding hydrogens is 491 g/mol. The Balaban J connectivity index is 0.00000256. The molecule has 2 N–H and O–H groups in total. The standard InChI is InChI=1S/C21H38N8.HI/c1-17-24-19-18(8-7-13-29(19)26-17)25-20(22-2)23-16-21(9-14-27(3)15-10-21)28-11-5-4-6-12-28;/h18H,4-16H2,1-3H3,(H2,22,23,25);1H. The van der Waals surface area contributed by atoms with E-state index in [1.807, 2.05) is 14.0 Å². The fourth-order valence-electron chi connectivity index (χ4n) is 5.22. The van der Waals surface area contributed by atoms with Gasteiger partial charge in [0.05, 0.1) is 6.04 Å². The van der Waals surface area contributed by atoms with E-state index < -0.39 is 0 Å². The molecule has 1 atom stereocenters. The Morgan fingerprint density at radius 2 is 1.83 bits per heavy atom. The summed E-state index contributed by atoms with van der Waals surface area (Å²) in [5.74, 6) is 2.79. The zero-order valence-electron chi connectivity index (χ0n) is 18.9. The molecule has 0 aliphatic carbocycles. The summed E-state index contributed by atoms with van der Waals surface area (Å²) in [5, 5.41) is 11.9. The highest BCUT2D eigenvalue weighted by molar-refractivity contribution is 14.0. The molecule has 1 aromatic heterocycles. The van der Waals surface area contributed by atoms with Gasteiger partial charge in [0.25, 0.3) is 0 Å². The van der Waals surface area contributed by atoms with Crippen LogP contribution in [-0.4, -0.2) is 82.9 Å². The Morgan fingerprint density at radius 1 is 1.10 bits per heavy atom. The molecule has 0 spiro atoms. The highest BCUT2D eigenvalue weighted by Gasteiger charge is 2.39. The Morgan fingerprint density at radius 3 is 2.53 bits per heavy atom. The number of piperidine rings is 2. The molecule has 4 rings (SSSR count). The van der Waals surface area contributed by atoms with Crippen molar-refractivity contribution >= 4 is 29.9 Å². The van der Waals surface area contributed by atoms with Crippen LogP contribution in [0.5, 0.6) is 0 Å². The lowest BCUT2D eigenvalue weighted by Gasteiger charge is -2.50. The minimum absolute atomic E-state index is 0. The molecule has 170 valence electrons. The monoisotopic (exact) mass is 530 g/mol. The lowest BCUT2D eigenvalue weighted by molar-refractivity contribution is 0.0172. The molecule has 2 saturated heterocycles. The van der Waals surface area contributed by atoms with Crippen LogP contribution in [0.25, 0.3) is 0 Å². The van der Waals surface area contributed by atoms with Crippen molar-refractivity contribution in [2.75, 3.05) is 46.8 Å². The van der Waals surface area contributed by atoms with Crippen molar-refractivity contribution < 1.29 is 0 Å². The summed E-state index contributed by atoms with van der Waals surface area (Å²) in [6, 6.07) is 0.180. The van der Waals surface area contributed by atoms with Gasteiger partial charge in [-0.05, 0) is 78.7 Å². The van der Waals surface area contributed by atoms with Crippen LogP contribution >= 0.6 is 24.0 Å². The normalized spacial score (nSPS) is 25.3. The van der Waals surface area contributed by atoms with Crippen LogP contribution < -0.4 is 10.6 Å². The van der Waals surface area contributed by atoms with Crippen molar-refractivity contribution in [3.05, 3.63) is 11.6 Å². The number of aryl methyl sites for hydroxylation is 2. The lowest BCUT2D eigenvalue weighted by atomic mass is 9.84. The predicted octanol–water partition coefficient (Wildman–Crippen LogP) is 2.15. The fraction of sp³-hybridized carbons (Fsp3) is 0.857. The number of aliphatic imine (C=N–C) groups is 1. The van der Waals surface area contributed by atoms with E-state index in [-0.39, 0.29) is 35.6 Å². The van der Waals surface area contributed by atoms with E-state index in [1.54, 1.807) is 0 Å². The number of halogens is 1. The minimum atomic E-state index is 0. The largest absolute Gasteiger partial charge is 0.355 e. The lowest BCUT2D eigenvalue weighted by Crippen LogP contribution is -2.62. The van der Waals surface area contributed by atoms with Gasteiger partial charge in [0, 0.05) is 25.7 Å². The van der Waals surface area contributed by atoms with Crippen LogP contribution in [0.2, 0.25) is 0 Å². The summed E-state index contributed by atoms with van der Waals surface area (Å²) in [6.07, 6.45) is 8.69. The Bertz CT molecular complexity index is 704. The van der Waals surface area contributed by atoms with Crippen LogP contribution in [-0.2, 0) is 6.54 Å². The van der Waals surface area contributed by atoms with E-state index in [0.717, 1.165) is 43.5 Å². The summed E-state index contributed by atoms with van der Waals surface area (Å²) >= 11 is 0. The second-order valence-electron chi connectivity index (χ2n) is 9.08. The quantitative estimate of drug-likeness (QED) is 0.353. The average Bonchev–Trinajstić information content (AvgIpc) is 3.14. The number of rotatable bonds is 4. The van der Waals surface area contributed by atoms with Gasteiger partial charge in [-0.3, -0.25) is 9.89 Å². The Labute approximate surface area is 198 Å². The molecule has 2 fully saturated rings. The van der Waals surface area contributed by atoms with Gasteiger partial charge in [-0.2, -0.15) is 5.10 Å². The van der Waals surface area contributed by atoms with Gasteiger partial charge in [-0.25, -0.2) is 9.67 Å². The summed E-state index contributed by atoms with van der Waals surface area (Å²) in [4.78, 5) is 14.4. The molecule has 0 amide bonds. The van der Waals surface area contributed by atoms with Gasteiger partial charge < -0.3 is 15.5 Å². The number of nitrogens with zero attached hydrogens (tertiary/aromatic N) is 6. The van der Waals surface area contributed by atoms with Crippen molar-refractivity contribution in [2.24, 2.45) is 4.99 Å². The maximum atomic E-state index is 4.66. The first-order chi connectivity index (χ1) is 14.1. The van der Waals surface area contributed by atoms with E-state index >= 15 is 0 Å². The van der Waals surface area contributed by atoms with Gasteiger partial charge in [0.1, 0.15) is 11.6 Å². The summed E-state index contributed by atoms with van der Waals surface area (Å²) in [7, 11) is 4.12. The SMILES string of the molecule is CN=C(NCC1(N2CCCCC2)CCN(C)CC1)NC1CCCn2nc(C)nc21.I. The highest BCUT2D eigenvalue weighted by Crippen LogP contribution is 2.31. The number of fused-ring (bicyclic) bond motifs is 1. The van der Waals surface area contributed by atoms with Crippen LogP contribution in [0.3, 0.4) is 0 Å². The minimum Gasteiger partial charge on any atom is -0.355 e. The molecule has 3 aliphatic heterocycles. The van der Waals surface area contributed by atoms with Gasteiger partial charge in [0.2, 0.25) is 0 Å². The van der Waals surface area contributed by atoms with Crippen molar-refractivity contribution in [1.82, 2.24) is 35.2 Å². The fourth-order valence-corrected chi connectivity index (χ4v) is 5.22. The first kappa shape index (κ1) is 23.7. The molecule has 8 nitrogen and oxygen atoms in total. The van der Waals surface area contributed by atoms with E-state index in [1.165, 1.54) is 58.3 Å². The van der Waals surface area contributed by atoms with Crippen molar-refractivity contribution in [2.45, 2.75) is 70.0 Å². The van der Waals surface area contributed by atoms with E-state index in [9.17, 15) is 0 Å². The number of hydrogen-bond acceptors (Lipinski definition) is 5. The number of hydrogen-bond donors (Lipinski definition) is 2. The smallest absolute Gasteiger partial charge is 0.191 e. The van der Waals surface area contributed by atoms with Crippen LogP contribution in [0.15, 0.2) is 4.99 Å². The molecule has 1 aromatic rings. The van der Waals surface area contributed by atoms with Gasteiger partial charge >= 0.3 is 0 Å². The highest BCUT2D eigenvalue weighted by atomic mass is 127. The van der Waals surface area contributed by atoms with Gasteiger partial charge in [-0.1, -0.05) is 6.42 Å². The Kier molecular flexibility index (Phi) is 8.37. The second kappa shape index (κ2) is 10.6. The zero-order valence-corrected chi connectivity index (χ0v) is 21.2. The maximum Gasteiger partial charge on any atom is 0.191 e. The molecular formula is C21H39IN8. The first-order valence-electron chi connectivity index (χ1n) is 11.4. The molecule has 1 unspecified atom stereocenters. The summed E-state index contributed by atoms with van der Waals surface area (Å²) < 4.78 is 2.05. The number of aromatic nitrogens is 3. The molecule has 3 aliphatic rings. The van der Waals surface area contributed by atoms with Crippen molar-refractivity contribution in [1.29, 1.82) is 0 Å². The number of guanidine groups is 1. The van der Waals surface area contributed by atoms with Crippen molar-refractivity contribution in [3.63, 3.8) is 0 Å². The van der Waals surface area contributed by atoms with Crippen LogP contribution in [0.1, 0.15) is 62.6 Å². The molecule has 4 heterocycles. The topological polar surface area (TPSA) is 73.6 Å². The van der Waals surface area contributed by atoms with Crippen LogP contribution in [0.4, 0.5) is 0 Å². The third-order valence-corrected chi connectivity index (χ3v) is 7.04. The molecule has 0 radical (unpaired) electrons. The summed E-state index contributed by atoms with van der Waals surface area (Å²) in [5.41, 5.74) is 0.244. The first-order valence-corrected chi connectivity index (χ1v) is 11.4. The number of nitrogens with one attached hydrogen (secondary N) is 2. The maximum absolute atomic E-state index is 4.66.